The number of pyridine rings is 1. The molecule has 3 aromatic heterocycles. The lowest BCUT2D eigenvalue weighted by atomic mass is 9.75. The van der Waals surface area contributed by atoms with Crippen molar-refractivity contribution >= 4 is 46.3 Å². The summed E-state index contributed by atoms with van der Waals surface area (Å²) in [6.45, 7) is 0.646. The number of para-hydroxylation sites is 5. The first kappa shape index (κ1) is 29.2. The predicted molar refractivity (Wildman–Crippen MR) is 250 cm³/mol. The molecule has 0 bridgehead atoms. The van der Waals surface area contributed by atoms with Crippen LogP contribution in [0, 0.1) is 0 Å². The highest BCUT2D eigenvalue weighted by atomic mass is 28.3. The highest BCUT2D eigenvalue weighted by molar-refractivity contribution is 7.01. The van der Waals surface area contributed by atoms with Gasteiger partial charge in [-0.15, -0.1) is 0 Å². The van der Waals surface area contributed by atoms with Crippen molar-refractivity contribution in [3.8, 4) is 73.0 Å². The average Bonchev–Trinajstić information content (AvgIpc) is 3.83. The van der Waals surface area contributed by atoms with Gasteiger partial charge in [-0.3, -0.25) is 14.0 Å². The molecule has 0 saturated heterocycles. The van der Waals surface area contributed by atoms with E-state index < -0.39 is 26.4 Å². The van der Waals surface area contributed by atoms with E-state index in [1.165, 1.54) is 0 Å². The maximum absolute atomic E-state index is 9.42. The van der Waals surface area contributed by atoms with Crippen LogP contribution in [-0.2, 0) is 5.41 Å². The third-order valence-electron chi connectivity index (χ3n) is 12.4. The van der Waals surface area contributed by atoms with Gasteiger partial charge in [-0.1, -0.05) is 131 Å². The minimum atomic E-state index is -4.83. The molecule has 1 aliphatic carbocycles. The van der Waals surface area contributed by atoms with Crippen molar-refractivity contribution in [2.45, 2.75) is 39.1 Å². The smallest absolute Gasteiger partial charge is 0.220 e. The Morgan fingerprint density at radius 2 is 1.20 bits per heavy atom. The van der Waals surface area contributed by atoms with Crippen molar-refractivity contribution in [2.75, 3.05) is 0 Å². The van der Waals surface area contributed by atoms with Gasteiger partial charge in [-0.2, -0.15) is 0 Å². The van der Waals surface area contributed by atoms with Crippen molar-refractivity contribution in [3.63, 3.8) is 0 Å². The molecule has 0 unspecified atom stereocenters. The standard InChI is InChI=1S/C54H42N4OSi/c1-54(2,3)43-32-41-35-17-7-6-16-34(35)38-21-15-29-55-51(38)37-19-9-8-18-36(37)40(41)31-42(43)39-20-14-26-49-52(39)59-48-28-27-33(30-50(48)60(49,4)5)57-46-24-12-13-25-47(46)58-45-23-11-10-22-44(45)56-53(57)58/h6-32H,1-5H3/i4D3,5D3. The van der Waals surface area contributed by atoms with Gasteiger partial charge in [0.1, 0.15) is 19.6 Å². The van der Waals surface area contributed by atoms with Crippen LogP contribution in [0.25, 0.3) is 89.3 Å². The minimum Gasteiger partial charge on any atom is -0.457 e. The minimum absolute atomic E-state index is 0.197. The Bertz CT molecular complexity index is 3660. The number of hydrogen-bond acceptors (Lipinski definition) is 3. The number of ether oxygens (including phenoxy) is 1. The monoisotopic (exact) mass is 796 g/mol. The number of fused-ring (bicyclic) bond motifs is 15. The van der Waals surface area contributed by atoms with E-state index in [0.29, 0.717) is 17.0 Å². The highest BCUT2D eigenvalue weighted by Crippen LogP contribution is 2.51. The Kier molecular flexibility index (Phi) is 6.09. The molecule has 0 N–H and O–H groups in total. The molecule has 7 aromatic carbocycles. The van der Waals surface area contributed by atoms with Crippen molar-refractivity contribution < 1.29 is 13.0 Å². The van der Waals surface area contributed by atoms with Crippen LogP contribution in [0.5, 0.6) is 11.5 Å². The SMILES string of the molecule is [2H]C([2H])([2H])[Si]1(C([2H])([2H])[2H])c2cc(-n3c4ccccc4n4c5ccccc5nc34)ccc2Oc2c(-c3cc4c(cc3C(C)(C)C)-c3ccccc3-c3cccnc3-c3ccccc3-4)cccc21. The summed E-state index contributed by atoms with van der Waals surface area (Å²) in [6, 6.07) is 52.0. The van der Waals surface area contributed by atoms with E-state index in [-0.39, 0.29) is 21.9 Å². The number of rotatable bonds is 2. The molecular weight excluding hydrogens is 749 g/mol. The van der Waals surface area contributed by atoms with Crippen molar-refractivity contribution in [2.24, 2.45) is 0 Å². The topological polar surface area (TPSA) is 44.4 Å². The predicted octanol–water partition coefficient (Wildman–Crippen LogP) is 12.7. The van der Waals surface area contributed by atoms with Crippen LogP contribution in [0.2, 0.25) is 13.0 Å². The van der Waals surface area contributed by atoms with Crippen LogP contribution in [0.3, 0.4) is 0 Å². The van der Waals surface area contributed by atoms with Crippen LogP contribution < -0.4 is 15.1 Å². The molecular formula is C54H42N4OSi. The first-order valence-corrected chi connectivity index (χ1v) is 22.3. The van der Waals surface area contributed by atoms with Gasteiger partial charge in [-0.25, -0.2) is 4.98 Å². The van der Waals surface area contributed by atoms with Crippen molar-refractivity contribution in [3.05, 3.63) is 169 Å². The third-order valence-corrected chi connectivity index (χ3v) is 14.8. The number of benzene rings is 7. The summed E-state index contributed by atoms with van der Waals surface area (Å²) in [6.07, 6.45) is 1.83. The molecule has 0 saturated carbocycles. The second-order valence-corrected chi connectivity index (χ2v) is 19.5. The molecule has 60 heavy (non-hydrogen) atoms. The average molecular weight is 797 g/mol. The largest absolute Gasteiger partial charge is 0.457 e. The van der Waals surface area contributed by atoms with E-state index in [0.717, 1.165) is 77.8 Å². The maximum atomic E-state index is 9.42. The first-order valence-electron chi connectivity index (χ1n) is 23.3. The van der Waals surface area contributed by atoms with Gasteiger partial charge in [-0.05, 0) is 115 Å². The van der Waals surface area contributed by atoms with E-state index in [1.807, 2.05) is 89.6 Å². The van der Waals surface area contributed by atoms with Gasteiger partial charge >= 0.3 is 0 Å². The normalized spacial score (nSPS) is 15.6. The summed E-state index contributed by atoms with van der Waals surface area (Å²) in [7, 11) is -4.83. The Morgan fingerprint density at radius 1 is 0.550 bits per heavy atom. The van der Waals surface area contributed by atoms with Crippen LogP contribution in [0.1, 0.15) is 34.6 Å². The lowest BCUT2D eigenvalue weighted by molar-refractivity contribution is 0.488. The third kappa shape index (κ3) is 4.91. The van der Waals surface area contributed by atoms with Gasteiger partial charge in [0, 0.05) is 36.8 Å². The summed E-state index contributed by atoms with van der Waals surface area (Å²) < 4.78 is 67.6. The van der Waals surface area contributed by atoms with Crippen LogP contribution in [0.15, 0.2) is 164 Å². The van der Waals surface area contributed by atoms with E-state index in [9.17, 15) is 8.22 Å². The summed E-state index contributed by atoms with van der Waals surface area (Å²) >= 11 is 0. The fourth-order valence-corrected chi connectivity index (χ4v) is 11.7. The second-order valence-electron chi connectivity index (χ2n) is 17.0. The second kappa shape index (κ2) is 12.5. The zero-order valence-electron chi connectivity index (χ0n) is 39.3. The molecule has 5 nitrogen and oxygen atoms in total. The fraction of sp³-hybridized carbons (Fsp3) is 0.111. The van der Waals surface area contributed by atoms with Crippen LogP contribution in [-0.4, -0.2) is 27.0 Å². The van der Waals surface area contributed by atoms with Crippen LogP contribution in [0.4, 0.5) is 0 Å². The quantitative estimate of drug-likeness (QED) is 0.164. The van der Waals surface area contributed by atoms with E-state index in [1.54, 1.807) is 24.3 Å². The highest BCUT2D eigenvalue weighted by Gasteiger charge is 2.39. The fourth-order valence-electron chi connectivity index (χ4n) is 9.66. The number of hydrogen-bond donors (Lipinski definition) is 0. The lowest BCUT2D eigenvalue weighted by Gasteiger charge is -2.35. The number of nitrogens with zero attached hydrogens (tertiary/aromatic N) is 4. The van der Waals surface area contributed by atoms with E-state index >= 15 is 0 Å². The molecule has 0 amide bonds. The Labute approximate surface area is 358 Å². The van der Waals surface area contributed by atoms with E-state index in [2.05, 4.69) is 79.8 Å². The zero-order valence-corrected chi connectivity index (χ0v) is 34.3. The van der Waals surface area contributed by atoms with Crippen molar-refractivity contribution in [1.82, 2.24) is 18.9 Å². The van der Waals surface area contributed by atoms with Gasteiger partial charge in [0.25, 0.3) is 0 Å². The molecule has 288 valence electrons. The molecule has 12 rings (SSSR count). The first-order chi connectivity index (χ1) is 31.7. The molecule has 10 aromatic rings. The molecule has 0 radical (unpaired) electrons. The van der Waals surface area contributed by atoms with Gasteiger partial charge in [0.05, 0.1) is 27.8 Å². The van der Waals surface area contributed by atoms with Gasteiger partial charge in [0.2, 0.25) is 5.78 Å². The summed E-state index contributed by atoms with van der Waals surface area (Å²) in [5.41, 5.74) is 14.2. The molecule has 1 aliphatic heterocycles. The maximum Gasteiger partial charge on any atom is 0.220 e. The van der Waals surface area contributed by atoms with Crippen molar-refractivity contribution in [1.29, 1.82) is 0 Å². The Balaban J connectivity index is 1.13. The Morgan fingerprint density at radius 3 is 1.98 bits per heavy atom. The molecule has 6 heteroatoms. The molecule has 0 fully saturated rings. The van der Waals surface area contributed by atoms with E-state index in [4.69, 9.17) is 14.7 Å². The number of imidazole rings is 2. The molecule has 4 heterocycles. The Hall–Kier alpha value is -7.02. The summed E-state index contributed by atoms with van der Waals surface area (Å²) in [4.78, 5) is 9.99. The van der Waals surface area contributed by atoms with Gasteiger partial charge < -0.3 is 4.74 Å². The summed E-state index contributed by atoms with van der Waals surface area (Å²) in [5.74, 6) is 1.12. The molecule has 0 spiro atoms. The van der Waals surface area contributed by atoms with Crippen LogP contribution >= 0.6 is 0 Å². The zero-order chi connectivity index (χ0) is 45.5. The lowest BCUT2D eigenvalue weighted by Crippen LogP contribution is -2.56. The number of aromatic nitrogens is 4. The van der Waals surface area contributed by atoms with Gasteiger partial charge in [0.15, 0.2) is 0 Å². The summed E-state index contributed by atoms with van der Waals surface area (Å²) in [5, 5.41) is 0.414. The molecule has 2 aliphatic rings. The molecule has 0 atom stereocenters.